The van der Waals surface area contributed by atoms with Gasteiger partial charge in [-0.05, 0) is 43.0 Å². The van der Waals surface area contributed by atoms with Crippen molar-refractivity contribution in [2.75, 3.05) is 0 Å². The van der Waals surface area contributed by atoms with E-state index in [4.69, 9.17) is 0 Å². The van der Waals surface area contributed by atoms with Gasteiger partial charge >= 0.3 is 0 Å². The fourth-order valence-electron chi connectivity index (χ4n) is 3.37. The molecule has 1 aliphatic rings. The Labute approximate surface area is 190 Å². The SMILES string of the molecule is Cl.Cl.Cn1cnc(C(=O)N(Cc2ccnc(-c3cc(F)c(F)cc3F)c2)C2CCC2)c1. The highest BCUT2D eigenvalue weighted by molar-refractivity contribution is 5.92. The second kappa shape index (κ2) is 10.2. The highest BCUT2D eigenvalue weighted by Crippen LogP contribution is 2.29. The first-order valence-electron chi connectivity index (χ1n) is 9.31. The quantitative estimate of drug-likeness (QED) is 0.494. The van der Waals surface area contributed by atoms with Crippen molar-refractivity contribution in [3.63, 3.8) is 0 Å². The molecular formula is C21H21Cl2F3N4O. The van der Waals surface area contributed by atoms with Crippen LogP contribution in [0.3, 0.4) is 0 Å². The molecule has 31 heavy (non-hydrogen) atoms. The van der Waals surface area contributed by atoms with Gasteiger partial charge in [-0.15, -0.1) is 24.8 Å². The Morgan fingerprint density at radius 3 is 2.42 bits per heavy atom. The van der Waals surface area contributed by atoms with Gasteiger partial charge in [-0.2, -0.15) is 0 Å². The van der Waals surface area contributed by atoms with Crippen LogP contribution in [-0.4, -0.2) is 31.4 Å². The van der Waals surface area contributed by atoms with Gasteiger partial charge in [0.05, 0.1) is 12.0 Å². The van der Waals surface area contributed by atoms with Crippen molar-refractivity contribution in [2.24, 2.45) is 7.05 Å². The number of aromatic nitrogens is 3. The van der Waals surface area contributed by atoms with Crippen molar-refractivity contribution in [1.82, 2.24) is 19.4 Å². The Hall–Kier alpha value is -2.58. The highest BCUT2D eigenvalue weighted by atomic mass is 35.5. The molecule has 0 radical (unpaired) electrons. The number of amides is 1. The number of hydrogen-bond donors (Lipinski definition) is 0. The molecule has 0 saturated heterocycles. The first kappa shape index (κ1) is 24.7. The zero-order chi connectivity index (χ0) is 20.5. The minimum atomic E-state index is -1.25. The number of imidazole rings is 1. The predicted octanol–water partition coefficient (Wildman–Crippen LogP) is 4.94. The average molecular weight is 473 g/mol. The number of halogens is 5. The number of aryl methyl sites for hydroxylation is 1. The Morgan fingerprint density at radius 2 is 1.81 bits per heavy atom. The number of carbonyl (C=O) groups is 1. The van der Waals surface area contributed by atoms with Crippen LogP contribution in [0.4, 0.5) is 13.2 Å². The molecule has 0 bridgehead atoms. The van der Waals surface area contributed by atoms with Gasteiger partial charge in [0.15, 0.2) is 11.6 Å². The fraction of sp³-hybridized carbons (Fsp3) is 0.286. The number of hydrogen-bond acceptors (Lipinski definition) is 3. The van der Waals surface area contributed by atoms with Crippen molar-refractivity contribution in [2.45, 2.75) is 31.8 Å². The number of rotatable bonds is 5. The van der Waals surface area contributed by atoms with E-state index in [1.165, 1.54) is 6.20 Å². The van der Waals surface area contributed by atoms with Gasteiger partial charge in [-0.1, -0.05) is 0 Å². The van der Waals surface area contributed by atoms with Crippen LogP contribution in [0.1, 0.15) is 35.3 Å². The number of nitrogens with zero attached hydrogens (tertiary/aromatic N) is 4. The second-order valence-corrected chi connectivity index (χ2v) is 7.24. The first-order valence-corrected chi connectivity index (χ1v) is 9.31. The lowest BCUT2D eigenvalue weighted by Gasteiger charge is -2.37. The summed E-state index contributed by atoms with van der Waals surface area (Å²) in [4.78, 5) is 23.0. The molecule has 0 unspecified atom stereocenters. The van der Waals surface area contributed by atoms with Gasteiger partial charge in [-0.3, -0.25) is 9.78 Å². The minimum absolute atomic E-state index is 0. The summed E-state index contributed by atoms with van der Waals surface area (Å²) in [7, 11) is 1.79. The smallest absolute Gasteiger partial charge is 0.274 e. The molecule has 0 atom stereocenters. The van der Waals surface area contributed by atoms with E-state index in [1.807, 2.05) is 0 Å². The Morgan fingerprint density at radius 1 is 1.10 bits per heavy atom. The zero-order valence-corrected chi connectivity index (χ0v) is 18.2. The third kappa shape index (κ3) is 5.19. The molecule has 3 aromatic rings. The van der Waals surface area contributed by atoms with Crippen LogP contribution in [0, 0.1) is 17.5 Å². The molecule has 0 spiro atoms. The van der Waals surface area contributed by atoms with Gasteiger partial charge in [-0.25, -0.2) is 18.2 Å². The monoisotopic (exact) mass is 472 g/mol. The lowest BCUT2D eigenvalue weighted by atomic mass is 9.90. The molecule has 1 aromatic carbocycles. The Kier molecular flexibility index (Phi) is 8.08. The molecule has 1 aliphatic carbocycles. The normalized spacial score (nSPS) is 13.0. The molecule has 2 heterocycles. The summed E-state index contributed by atoms with van der Waals surface area (Å²) >= 11 is 0. The molecule has 1 amide bonds. The van der Waals surface area contributed by atoms with Crippen molar-refractivity contribution in [3.05, 3.63) is 71.7 Å². The van der Waals surface area contributed by atoms with Crippen molar-refractivity contribution in [3.8, 4) is 11.3 Å². The number of benzene rings is 1. The molecule has 5 nitrogen and oxygen atoms in total. The maximum absolute atomic E-state index is 14.1. The van der Waals surface area contributed by atoms with Crippen LogP contribution >= 0.6 is 24.8 Å². The van der Waals surface area contributed by atoms with Crippen LogP contribution in [0.5, 0.6) is 0 Å². The van der Waals surface area contributed by atoms with Crippen molar-refractivity contribution < 1.29 is 18.0 Å². The summed E-state index contributed by atoms with van der Waals surface area (Å²) in [5.41, 5.74) is 1.13. The van der Waals surface area contributed by atoms with E-state index in [9.17, 15) is 18.0 Å². The zero-order valence-electron chi connectivity index (χ0n) is 16.6. The highest BCUT2D eigenvalue weighted by Gasteiger charge is 2.30. The summed E-state index contributed by atoms with van der Waals surface area (Å²) in [6.07, 6.45) is 7.59. The summed E-state index contributed by atoms with van der Waals surface area (Å²) in [5.74, 6) is -3.46. The van der Waals surface area contributed by atoms with E-state index >= 15 is 0 Å². The topological polar surface area (TPSA) is 51.0 Å². The lowest BCUT2D eigenvalue weighted by molar-refractivity contribution is 0.0551. The van der Waals surface area contributed by atoms with Crippen molar-refractivity contribution >= 4 is 30.7 Å². The molecular weight excluding hydrogens is 452 g/mol. The maximum atomic E-state index is 14.1. The third-order valence-electron chi connectivity index (χ3n) is 5.16. The van der Waals surface area contributed by atoms with E-state index in [0.717, 1.165) is 30.9 Å². The van der Waals surface area contributed by atoms with Crippen LogP contribution in [-0.2, 0) is 13.6 Å². The average Bonchev–Trinajstić information content (AvgIpc) is 3.09. The van der Waals surface area contributed by atoms with E-state index < -0.39 is 17.5 Å². The van der Waals surface area contributed by atoms with Crippen LogP contribution in [0.25, 0.3) is 11.3 Å². The molecule has 166 valence electrons. The lowest BCUT2D eigenvalue weighted by Crippen LogP contribution is -2.43. The third-order valence-corrected chi connectivity index (χ3v) is 5.16. The van der Waals surface area contributed by atoms with Crippen LogP contribution < -0.4 is 0 Å². The van der Waals surface area contributed by atoms with E-state index in [2.05, 4.69) is 9.97 Å². The van der Waals surface area contributed by atoms with Gasteiger partial charge < -0.3 is 9.47 Å². The van der Waals surface area contributed by atoms with Crippen LogP contribution in [0.15, 0.2) is 43.0 Å². The first-order chi connectivity index (χ1) is 13.9. The summed E-state index contributed by atoms with van der Waals surface area (Å²) < 4.78 is 42.6. The standard InChI is InChI=1S/C21H19F3N4O.2ClH/c1-27-11-20(26-12-27)21(29)28(14-3-2-4-14)10-13-5-6-25-19(7-13)15-8-17(23)18(24)9-16(15)22;;/h5-9,11-12,14H,2-4,10H2,1H3;2*1H. The second-order valence-electron chi connectivity index (χ2n) is 7.24. The largest absolute Gasteiger partial charge is 0.340 e. The molecule has 10 heteroatoms. The van der Waals surface area contributed by atoms with E-state index in [-0.39, 0.29) is 48.0 Å². The Balaban J connectivity index is 0.00000171. The van der Waals surface area contributed by atoms with E-state index in [0.29, 0.717) is 18.3 Å². The predicted molar refractivity (Wildman–Crippen MR) is 115 cm³/mol. The molecule has 4 rings (SSSR count). The fourth-order valence-corrected chi connectivity index (χ4v) is 3.37. The summed E-state index contributed by atoms with van der Waals surface area (Å²) in [6.45, 7) is 0.293. The molecule has 1 saturated carbocycles. The van der Waals surface area contributed by atoms with E-state index in [1.54, 1.807) is 41.2 Å². The Bertz CT molecular complexity index is 1070. The molecule has 2 aromatic heterocycles. The van der Waals surface area contributed by atoms with Gasteiger partial charge in [0.25, 0.3) is 5.91 Å². The van der Waals surface area contributed by atoms with Gasteiger partial charge in [0.1, 0.15) is 11.5 Å². The molecule has 0 aliphatic heterocycles. The number of pyridine rings is 1. The summed E-state index contributed by atoms with van der Waals surface area (Å²) in [5, 5.41) is 0. The molecule has 0 N–H and O–H groups in total. The summed E-state index contributed by atoms with van der Waals surface area (Å²) in [6, 6.07) is 4.72. The number of carbonyl (C=O) groups excluding carboxylic acids is 1. The van der Waals surface area contributed by atoms with Crippen molar-refractivity contribution in [1.29, 1.82) is 0 Å². The van der Waals surface area contributed by atoms with Crippen LogP contribution in [0.2, 0.25) is 0 Å². The van der Waals surface area contributed by atoms with Gasteiger partial charge in [0.2, 0.25) is 0 Å². The molecule has 1 fully saturated rings. The maximum Gasteiger partial charge on any atom is 0.274 e. The minimum Gasteiger partial charge on any atom is -0.340 e. The van der Waals surface area contributed by atoms with Gasteiger partial charge in [0, 0.05) is 43.7 Å².